The van der Waals surface area contributed by atoms with E-state index in [0.29, 0.717) is 5.75 Å². The van der Waals surface area contributed by atoms with Gasteiger partial charge in [0.2, 0.25) is 0 Å². The number of thioether (sulfide) groups is 1. The molecule has 0 atom stereocenters. The van der Waals surface area contributed by atoms with Gasteiger partial charge in [-0.25, -0.2) is 28.9 Å². The molecule has 2 amide bonds. The van der Waals surface area contributed by atoms with Gasteiger partial charge in [0.1, 0.15) is 13.2 Å². The lowest BCUT2D eigenvalue weighted by Gasteiger charge is -2.08. The van der Waals surface area contributed by atoms with Gasteiger partial charge in [0, 0.05) is 12.0 Å². The highest BCUT2D eigenvalue weighted by molar-refractivity contribution is 7.98. The summed E-state index contributed by atoms with van der Waals surface area (Å²) in [5, 5.41) is 0. The van der Waals surface area contributed by atoms with Crippen LogP contribution < -0.4 is 10.9 Å². The Labute approximate surface area is 110 Å². The fraction of sp³-hybridized carbons (Fsp3) is 0.750. The van der Waals surface area contributed by atoms with Crippen LogP contribution in [0.5, 0.6) is 0 Å². The highest BCUT2D eigenvalue weighted by Crippen LogP contribution is 1.90. The maximum atomic E-state index is 11.0. The van der Waals surface area contributed by atoms with Gasteiger partial charge in [0.05, 0.1) is 5.75 Å². The quantitative estimate of drug-likeness (QED) is 0.514. The number of carbonyl (C=O) groups is 2. The zero-order chi connectivity index (χ0) is 14.0. The van der Waals surface area contributed by atoms with Gasteiger partial charge < -0.3 is 9.47 Å². The third-order valence-corrected chi connectivity index (χ3v) is 2.96. The molecular formula is C8H16N2O6S2. The molecule has 0 aromatic carbocycles. The minimum Gasteiger partial charge on any atom is -0.447 e. The summed E-state index contributed by atoms with van der Waals surface area (Å²) in [7, 11) is -3.19. The molecular weight excluding hydrogens is 284 g/mol. The first-order chi connectivity index (χ1) is 8.35. The second-order valence-corrected chi connectivity index (χ2v) is 6.39. The predicted octanol–water partition coefficient (Wildman–Crippen LogP) is -0.239. The number of hydrogen-bond acceptors (Lipinski definition) is 7. The lowest BCUT2D eigenvalue weighted by atomic mass is 10.8. The van der Waals surface area contributed by atoms with Gasteiger partial charge in [-0.3, -0.25) is 0 Å². The number of hydrazine groups is 1. The molecule has 18 heavy (non-hydrogen) atoms. The van der Waals surface area contributed by atoms with E-state index in [9.17, 15) is 18.0 Å². The molecule has 0 rings (SSSR count). The van der Waals surface area contributed by atoms with Crippen molar-refractivity contribution < 1.29 is 27.5 Å². The molecule has 0 saturated carbocycles. The van der Waals surface area contributed by atoms with Crippen molar-refractivity contribution in [3.05, 3.63) is 0 Å². The van der Waals surface area contributed by atoms with Crippen LogP contribution in [-0.4, -0.2) is 57.8 Å². The molecule has 0 unspecified atom stereocenters. The molecule has 0 fully saturated rings. The van der Waals surface area contributed by atoms with Crippen LogP contribution in [0.25, 0.3) is 0 Å². The van der Waals surface area contributed by atoms with Crippen LogP contribution in [0.1, 0.15) is 0 Å². The third kappa shape index (κ3) is 11.3. The Balaban J connectivity index is 3.61. The summed E-state index contributed by atoms with van der Waals surface area (Å²) < 4.78 is 30.6. The summed E-state index contributed by atoms with van der Waals surface area (Å²) in [6, 6.07) is 0. The van der Waals surface area contributed by atoms with E-state index < -0.39 is 22.0 Å². The Morgan fingerprint density at radius 1 is 1.11 bits per heavy atom. The Kier molecular flexibility index (Phi) is 8.29. The number of amides is 2. The summed E-state index contributed by atoms with van der Waals surface area (Å²) in [4.78, 5) is 21.9. The Bertz CT molecular complexity index is 370. The zero-order valence-electron chi connectivity index (χ0n) is 10.1. The third-order valence-electron chi connectivity index (χ3n) is 1.47. The average Bonchev–Trinajstić information content (AvgIpc) is 2.25. The number of sulfone groups is 1. The van der Waals surface area contributed by atoms with Gasteiger partial charge in [-0.1, -0.05) is 0 Å². The minimum absolute atomic E-state index is 0.220. The van der Waals surface area contributed by atoms with Crippen molar-refractivity contribution in [2.75, 3.05) is 37.2 Å². The molecule has 0 heterocycles. The molecule has 0 aliphatic heterocycles. The second-order valence-electron chi connectivity index (χ2n) is 3.14. The number of carbonyl (C=O) groups excluding carboxylic acids is 2. The van der Waals surface area contributed by atoms with Crippen molar-refractivity contribution in [2.45, 2.75) is 0 Å². The first-order valence-corrected chi connectivity index (χ1v) is 8.33. The van der Waals surface area contributed by atoms with E-state index in [1.54, 1.807) is 0 Å². The van der Waals surface area contributed by atoms with E-state index in [1.165, 1.54) is 11.8 Å². The van der Waals surface area contributed by atoms with Gasteiger partial charge in [-0.15, -0.1) is 0 Å². The first-order valence-electron chi connectivity index (χ1n) is 4.87. The number of hydrogen-bond donors (Lipinski definition) is 2. The van der Waals surface area contributed by atoms with Crippen LogP contribution in [0, 0.1) is 0 Å². The van der Waals surface area contributed by atoms with Crippen LogP contribution in [0.15, 0.2) is 0 Å². The van der Waals surface area contributed by atoms with Gasteiger partial charge in [0.15, 0.2) is 9.84 Å². The molecule has 0 aliphatic carbocycles. The molecule has 106 valence electrons. The molecule has 0 aliphatic rings. The van der Waals surface area contributed by atoms with Crippen LogP contribution in [0.2, 0.25) is 0 Å². The molecule has 0 saturated heterocycles. The summed E-state index contributed by atoms with van der Waals surface area (Å²) in [5.74, 6) is 0.366. The summed E-state index contributed by atoms with van der Waals surface area (Å²) >= 11 is 1.51. The van der Waals surface area contributed by atoms with Crippen molar-refractivity contribution >= 4 is 33.8 Å². The Morgan fingerprint density at radius 3 is 2.06 bits per heavy atom. The lowest BCUT2D eigenvalue weighted by Crippen LogP contribution is -2.42. The molecule has 8 nitrogen and oxygen atoms in total. The van der Waals surface area contributed by atoms with Crippen LogP contribution >= 0.6 is 11.8 Å². The van der Waals surface area contributed by atoms with Crippen molar-refractivity contribution in [2.24, 2.45) is 0 Å². The van der Waals surface area contributed by atoms with Crippen molar-refractivity contribution in [1.82, 2.24) is 10.9 Å². The summed E-state index contributed by atoms with van der Waals surface area (Å²) in [6.45, 7) is -0.0638. The first kappa shape index (κ1) is 16.8. The van der Waals surface area contributed by atoms with Gasteiger partial charge in [-0.2, -0.15) is 11.8 Å². The molecule has 0 spiro atoms. The topological polar surface area (TPSA) is 111 Å². The normalized spacial score (nSPS) is 10.6. The maximum Gasteiger partial charge on any atom is 0.426 e. The standard InChI is InChI=1S/C8H16N2O6S2/c1-17-5-3-15-7(11)9-10-8(12)16-4-6-18(2,13)14/h3-6H2,1-2H3,(H,9,11)(H,10,12). The SMILES string of the molecule is CSCCOC(=O)NNC(=O)OCCS(C)(=O)=O. The minimum atomic E-state index is -3.19. The maximum absolute atomic E-state index is 11.0. The second kappa shape index (κ2) is 8.86. The monoisotopic (exact) mass is 300 g/mol. The van der Waals surface area contributed by atoms with Gasteiger partial charge in [0.25, 0.3) is 0 Å². The van der Waals surface area contributed by atoms with Crippen molar-refractivity contribution in [1.29, 1.82) is 0 Å². The molecule has 0 aromatic rings. The fourth-order valence-electron chi connectivity index (χ4n) is 0.678. The number of ether oxygens (including phenoxy) is 2. The smallest absolute Gasteiger partial charge is 0.426 e. The van der Waals surface area contributed by atoms with Gasteiger partial charge in [-0.05, 0) is 6.26 Å². The van der Waals surface area contributed by atoms with Crippen LogP contribution in [-0.2, 0) is 19.3 Å². The van der Waals surface area contributed by atoms with E-state index in [2.05, 4.69) is 9.47 Å². The largest absolute Gasteiger partial charge is 0.447 e. The highest BCUT2D eigenvalue weighted by Gasteiger charge is 2.08. The van der Waals surface area contributed by atoms with Gasteiger partial charge >= 0.3 is 12.2 Å². The van der Waals surface area contributed by atoms with Crippen LogP contribution in [0.4, 0.5) is 9.59 Å². The highest BCUT2D eigenvalue weighted by atomic mass is 32.2. The predicted molar refractivity (Wildman–Crippen MR) is 67.1 cm³/mol. The van der Waals surface area contributed by atoms with E-state index in [0.717, 1.165) is 6.26 Å². The van der Waals surface area contributed by atoms with Crippen molar-refractivity contribution in [3.8, 4) is 0 Å². The fourth-order valence-corrected chi connectivity index (χ4v) is 1.31. The van der Waals surface area contributed by atoms with Crippen molar-refractivity contribution in [3.63, 3.8) is 0 Å². The molecule has 0 bridgehead atoms. The lowest BCUT2D eigenvalue weighted by molar-refractivity contribution is 0.130. The molecule has 0 aromatic heterocycles. The molecule has 0 radical (unpaired) electrons. The Hall–Kier alpha value is -1.16. The van der Waals surface area contributed by atoms with E-state index in [-0.39, 0.29) is 19.0 Å². The summed E-state index contributed by atoms with van der Waals surface area (Å²) in [6.07, 6.45) is 1.11. The number of rotatable bonds is 6. The molecule has 2 N–H and O–H groups in total. The van der Waals surface area contributed by atoms with E-state index in [1.807, 2.05) is 17.1 Å². The Morgan fingerprint density at radius 2 is 1.61 bits per heavy atom. The number of nitrogens with one attached hydrogen (secondary N) is 2. The van der Waals surface area contributed by atoms with Crippen LogP contribution in [0.3, 0.4) is 0 Å². The zero-order valence-corrected chi connectivity index (χ0v) is 11.7. The van der Waals surface area contributed by atoms with E-state index >= 15 is 0 Å². The average molecular weight is 300 g/mol. The summed E-state index contributed by atoms with van der Waals surface area (Å²) in [5.41, 5.74) is 3.85. The molecule has 10 heteroatoms. The van der Waals surface area contributed by atoms with E-state index in [4.69, 9.17) is 0 Å².